The number of aromatic nitrogens is 2. The standard InChI is InChI=1S/C11H11N3O2S/c1-3-6-7(12)10-11(17-6)8(14-16-10)9-5(2)13-4-15-9/h4H,3,12H2,1-2H3. The fourth-order valence-corrected chi connectivity index (χ4v) is 2.85. The lowest BCUT2D eigenvalue weighted by atomic mass is 10.2. The number of hydrogen-bond acceptors (Lipinski definition) is 6. The van der Waals surface area contributed by atoms with Gasteiger partial charge in [-0.2, -0.15) is 0 Å². The monoisotopic (exact) mass is 249 g/mol. The Hall–Kier alpha value is -1.82. The molecular weight excluding hydrogens is 238 g/mol. The number of hydrogen-bond donors (Lipinski definition) is 1. The molecule has 0 atom stereocenters. The minimum atomic E-state index is 0.646. The van der Waals surface area contributed by atoms with Gasteiger partial charge in [-0.1, -0.05) is 12.1 Å². The van der Waals surface area contributed by atoms with E-state index in [1.807, 2.05) is 6.92 Å². The van der Waals surface area contributed by atoms with Crippen molar-refractivity contribution in [1.29, 1.82) is 0 Å². The predicted molar refractivity (Wildman–Crippen MR) is 65.9 cm³/mol. The van der Waals surface area contributed by atoms with Crippen LogP contribution in [-0.4, -0.2) is 10.1 Å². The zero-order valence-electron chi connectivity index (χ0n) is 9.48. The van der Waals surface area contributed by atoms with Crippen LogP contribution >= 0.6 is 11.3 Å². The molecule has 0 saturated carbocycles. The molecular formula is C11H11N3O2S. The van der Waals surface area contributed by atoms with E-state index in [1.165, 1.54) is 6.39 Å². The predicted octanol–water partition coefficient (Wildman–Crippen LogP) is 3.00. The third-order valence-corrected chi connectivity index (χ3v) is 4.04. The second-order valence-corrected chi connectivity index (χ2v) is 4.85. The van der Waals surface area contributed by atoms with Gasteiger partial charge in [-0.25, -0.2) is 4.98 Å². The van der Waals surface area contributed by atoms with Gasteiger partial charge < -0.3 is 14.7 Å². The highest BCUT2D eigenvalue weighted by Gasteiger charge is 2.21. The van der Waals surface area contributed by atoms with Crippen molar-refractivity contribution in [1.82, 2.24) is 10.1 Å². The van der Waals surface area contributed by atoms with Gasteiger partial charge in [0.1, 0.15) is 4.70 Å². The Labute approximate surface area is 101 Å². The van der Waals surface area contributed by atoms with E-state index in [1.54, 1.807) is 11.3 Å². The Balaban J connectivity index is 2.28. The first-order chi connectivity index (χ1) is 8.22. The van der Waals surface area contributed by atoms with E-state index in [9.17, 15) is 0 Å². The molecule has 3 aromatic heterocycles. The van der Waals surface area contributed by atoms with Gasteiger partial charge in [0.15, 0.2) is 17.8 Å². The fraction of sp³-hybridized carbons (Fsp3) is 0.273. The SMILES string of the molecule is CCc1sc2c(-c3ocnc3C)noc2c1N. The number of nitrogen functional groups attached to an aromatic ring is 1. The molecule has 0 amide bonds. The van der Waals surface area contributed by atoms with Crippen LogP contribution in [-0.2, 0) is 6.42 Å². The maximum Gasteiger partial charge on any atom is 0.201 e. The van der Waals surface area contributed by atoms with E-state index >= 15 is 0 Å². The van der Waals surface area contributed by atoms with Gasteiger partial charge in [0.05, 0.1) is 11.4 Å². The van der Waals surface area contributed by atoms with Crippen LogP contribution in [0.2, 0.25) is 0 Å². The molecule has 17 heavy (non-hydrogen) atoms. The first-order valence-electron chi connectivity index (χ1n) is 5.29. The molecule has 0 aliphatic rings. The highest BCUT2D eigenvalue weighted by molar-refractivity contribution is 7.20. The van der Waals surface area contributed by atoms with Crippen LogP contribution in [0.25, 0.3) is 21.7 Å². The Bertz CT molecular complexity index is 680. The summed E-state index contributed by atoms with van der Waals surface area (Å²) in [5.74, 6) is 0.646. The zero-order valence-corrected chi connectivity index (χ0v) is 10.3. The van der Waals surface area contributed by atoms with Crippen LogP contribution in [0.4, 0.5) is 5.69 Å². The zero-order chi connectivity index (χ0) is 12.0. The molecule has 0 bridgehead atoms. The van der Waals surface area contributed by atoms with Gasteiger partial charge in [-0.05, 0) is 13.3 Å². The summed E-state index contributed by atoms with van der Waals surface area (Å²) in [6.45, 7) is 3.94. The van der Waals surface area contributed by atoms with Gasteiger partial charge in [0.25, 0.3) is 0 Å². The molecule has 0 aromatic carbocycles. The molecule has 88 valence electrons. The Morgan fingerprint density at radius 3 is 2.94 bits per heavy atom. The summed E-state index contributed by atoms with van der Waals surface area (Å²) in [5.41, 5.74) is 8.80. The average molecular weight is 249 g/mol. The second-order valence-electron chi connectivity index (χ2n) is 3.75. The van der Waals surface area contributed by atoms with Crippen LogP contribution < -0.4 is 5.73 Å². The Morgan fingerprint density at radius 1 is 1.47 bits per heavy atom. The molecule has 3 rings (SSSR count). The maximum absolute atomic E-state index is 5.98. The van der Waals surface area contributed by atoms with Crippen molar-refractivity contribution >= 4 is 27.3 Å². The van der Waals surface area contributed by atoms with E-state index in [4.69, 9.17) is 14.7 Å². The number of thiophene rings is 1. The van der Waals surface area contributed by atoms with E-state index in [0.29, 0.717) is 22.7 Å². The van der Waals surface area contributed by atoms with Crippen molar-refractivity contribution in [2.45, 2.75) is 20.3 Å². The van der Waals surface area contributed by atoms with Crippen molar-refractivity contribution in [3.05, 3.63) is 17.0 Å². The van der Waals surface area contributed by atoms with E-state index in [-0.39, 0.29) is 0 Å². The molecule has 0 fully saturated rings. The van der Waals surface area contributed by atoms with Gasteiger partial charge in [0, 0.05) is 4.88 Å². The number of fused-ring (bicyclic) bond motifs is 1. The number of oxazole rings is 1. The molecule has 2 N–H and O–H groups in total. The van der Waals surface area contributed by atoms with Crippen LogP contribution in [0.3, 0.4) is 0 Å². The summed E-state index contributed by atoms with van der Waals surface area (Å²) in [7, 11) is 0. The first-order valence-corrected chi connectivity index (χ1v) is 6.11. The number of aryl methyl sites for hydroxylation is 2. The molecule has 0 unspecified atom stereocenters. The van der Waals surface area contributed by atoms with Crippen LogP contribution in [0.15, 0.2) is 15.3 Å². The summed E-state index contributed by atoms with van der Waals surface area (Å²) in [6, 6.07) is 0. The van der Waals surface area contributed by atoms with Gasteiger partial charge in [0.2, 0.25) is 5.58 Å². The van der Waals surface area contributed by atoms with Crippen LogP contribution in [0, 0.1) is 6.92 Å². The highest BCUT2D eigenvalue weighted by Crippen LogP contribution is 2.40. The number of rotatable bonds is 2. The first kappa shape index (κ1) is 10.3. The quantitative estimate of drug-likeness (QED) is 0.755. The minimum absolute atomic E-state index is 0.646. The smallest absolute Gasteiger partial charge is 0.201 e. The van der Waals surface area contributed by atoms with Crippen molar-refractivity contribution in [2.24, 2.45) is 0 Å². The number of nitrogens with two attached hydrogens (primary N) is 1. The van der Waals surface area contributed by atoms with Crippen LogP contribution in [0.1, 0.15) is 17.5 Å². The van der Waals surface area contributed by atoms with E-state index in [2.05, 4.69) is 17.1 Å². The molecule has 0 saturated heterocycles. The van der Waals surface area contributed by atoms with E-state index in [0.717, 1.165) is 21.7 Å². The third-order valence-electron chi connectivity index (χ3n) is 2.70. The lowest BCUT2D eigenvalue weighted by Gasteiger charge is -1.91. The third kappa shape index (κ3) is 1.37. The maximum atomic E-state index is 5.98. The largest absolute Gasteiger partial charge is 0.441 e. The molecule has 0 spiro atoms. The van der Waals surface area contributed by atoms with Crippen molar-refractivity contribution < 1.29 is 8.94 Å². The lowest BCUT2D eigenvalue weighted by Crippen LogP contribution is -1.85. The highest BCUT2D eigenvalue weighted by atomic mass is 32.1. The van der Waals surface area contributed by atoms with Crippen molar-refractivity contribution in [2.75, 3.05) is 5.73 Å². The molecule has 6 heteroatoms. The second kappa shape index (κ2) is 3.59. The molecule has 3 aromatic rings. The molecule has 5 nitrogen and oxygen atoms in total. The fourth-order valence-electron chi connectivity index (χ4n) is 1.79. The lowest BCUT2D eigenvalue weighted by molar-refractivity contribution is 0.455. The summed E-state index contributed by atoms with van der Waals surface area (Å²) >= 11 is 1.60. The topological polar surface area (TPSA) is 78.1 Å². The number of anilines is 1. The van der Waals surface area contributed by atoms with Gasteiger partial charge in [-0.3, -0.25) is 0 Å². The Kier molecular flexibility index (Phi) is 2.19. The van der Waals surface area contributed by atoms with Gasteiger partial charge >= 0.3 is 0 Å². The molecule has 0 radical (unpaired) electrons. The number of nitrogens with zero attached hydrogens (tertiary/aromatic N) is 2. The Morgan fingerprint density at radius 2 is 2.29 bits per heavy atom. The van der Waals surface area contributed by atoms with Crippen LogP contribution in [0.5, 0.6) is 0 Å². The summed E-state index contributed by atoms with van der Waals surface area (Å²) < 4.78 is 11.6. The average Bonchev–Trinajstić information content (AvgIpc) is 2.96. The summed E-state index contributed by atoms with van der Waals surface area (Å²) in [4.78, 5) is 5.16. The normalized spacial score (nSPS) is 11.4. The van der Waals surface area contributed by atoms with Crippen molar-refractivity contribution in [3.63, 3.8) is 0 Å². The minimum Gasteiger partial charge on any atom is -0.441 e. The molecule has 0 aliphatic heterocycles. The van der Waals surface area contributed by atoms with Gasteiger partial charge in [-0.15, -0.1) is 11.3 Å². The molecule has 3 heterocycles. The summed E-state index contributed by atoms with van der Waals surface area (Å²) in [6.07, 6.45) is 2.29. The summed E-state index contributed by atoms with van der Waals surface area (Å²) in [5, 5.41) is 4.02. The van der Waals surface area contributed by atoms with E-state index < -0.39 is 0 Å². The van der Waals surface area contributed by atoms with Crippen molar-refractivity contribution in [3.8, 4) is 11.5 Å². The molecule has 0 aliphatic carbocycles.